The molecule has 23 heavy (non-hydrogen) atoms. The van der Waals surface area contributed by atoms with Crippen LogP contribution in [0.2, 0.25) is 0 Å². The van der Waals surface area contributed by atoms with Gasteiger partial charge in [0.2, 0.25) is 0 Å². The van der Waals surface area contributed by atoms with E-state index >= 15 is 0 Å². The predicted molar refractivity (Wildman–Crippen MR) is 90.0 cm³/mol. The van der Waals surface area contributed by atoms with Gasteiger partial charge in [-0.15, -0.1) is 0 Å². The summed E-state index contributed by atoms with van der Waals surface area (Å²) in [4.78, 5) is 0. The van der Waals surface area contributed by atoms with Gasteiger partial charge in [-0.1, -0.05) is 54.6 Å². The Hall–Kier alpha value is -2.61. The number of rotatable bonds is 3. The summed E-state index contributed by atoms with van der Waals surface area (Å²) in [6.07, 6.45) is 1.62. The molecular formula is C21H17FO. The highest BCUT2D eigenvalue weighted by Gasteiger charge is 2.25. The summed E-state index contributed by atoms with van der Waals surface area (Å²) >= 11 is 0. The third kappa shape index (κ3) is 2.72. The van der Waals surface area contributed by atoms with Crippen LogP contribution in [0.15, 0.2) is 72.8 Å². The van der Waals surface area contributed by atoms with Crippen LogP contribution in [0.3, 0.4) is 0 Å². The van der Waals surface area contributed by atoms with Crippen LogP contribution in [0.4, 0.5) is 4.39 Å². The Morgan fingerprint density at radius 3 is 2.48 bits per heavy atom. The molecule has 1 aliphatic heterocycles. The van der Waals surface area contributed by atoms with Gasteiger partial charge in [0.1, 0.15) is 17.7 Å². The molecule has 0 spiro atoms. The maximum absolute atomic E-state index is 13.3. The van der Waals surface area contributed by atoms with Crippen LogP contribution < -0.4 is 4.74 Å². The Balaban J connectivity index is 1.63. The highest BCUT2D eigenvalue weighted by atomic mass is 19.1. The molecule has 0 fully saturated rings. The van der Waals surface area contributed by atoms with Crippen molar-refractivity contribution < 1.29 is 9.13 Å². The van der Waals surface area contributed by atoms with Gasteiger partial charge in [0, 0.05) is 11.1 Å². The smallest absolute Gasteiger partial charge is 0.128 e. The van der Waals surface area contributed by atoms with Crippen molar-refractivity contribution in [1.82, 2.24) is 0 Å². The summed E-state index contributed by atoms with van der Waals surface area (Å²) in [6.45, 7) is 0. The molecular weight excluding hydrogens is 287 g/mol. The lowest BCUT2D eigenvalue weighted by Crippen LogP contribution is -2.14. The average Bonchev–Trinajstić information content (AvgIpc) is 2.60. The molecule has 1 unspecified atom stereocenters. The van der Waals surface area contributed by atoms with Crippen LogP contribution >= 0.6 is 0 Å². The molecule has 0 N–H and O–H groups in total. The first kappa shape index (κ1) is 14.0. The van der Waals surface area contributed by atoms with Gasteiger partial charge >= 0.3 is 0 Å². The number of fused-ring (bicyclic) bond motifs is 3. The monoisotopic (exact) mass is 304 g/mol. The summed E-state index contributed by atoms with van der Waals surface area (Å²) in [5.74, 6) is 0.744. The minimum absolute atomic E-state index is 0.00404. The summed E-state index contributed by atoms with van der Waals surface area (Å²) < 4.78 is 19.6. The lowest BCUT2D eigenvalue weighted by Gasteiger charge is -2.29. The molecule has 1 heterocycles. The number of aryl methyl sites for hydroxylation is 1. The van der Waals surface area contributed by atoms with E-state index in [9.17, 15) is 4.39 Å². The lowest BCUT2D eigenvalue weighted by molar-refractivity contribution is 0.192. The van der Waals surface area contributed by atoms with E-state index in [-0.39, 0.29) is 11.9 Å². The highest BCUT2D eigenvalue weighted by molar-refractivity contribution is 5.75. The first-order valence-corrected chi connectivity index (χ1v) is 7.91. The predicted octanol–water partition coefficient (Wildman–Crippen LogP) is 5.56. The van der Waals surface area contributed by atoms with Crippen molar-refractivity contribution in [2.75, 3.05) is 0 Å². The van der Waals surface area contributed by atoms with Crippen molar-refractivity contribution in [2.24, 2.45) is 0 Å². The number of para-hydroxylation sites is 1. The van der Waals surface area contributed by atoms with Crippen molar-refractivity contribution in [1.29, 1.82) is 0 Å². The zero-order valence-corrected chi connectivity index (χ0v) is 12.7. The van der Waals surface area contributed by atoms with E-state index in [4.69, 9.17) is 4.74 Å². The van der Waals surface area contributed by atoms with Gasteiger partial charge in [-0.3, -0.25) is 0 Å². The van der Waals surface area contributed by atoms with E-state index in [0.717, 1.165) is 29.7 Å². The third-order valence-electron chi connectivity index (χ3n) is 4.34. The maximum atomic E-state index is 13.3. The van der Waals surface area contributed by atoms with Crippen LogP contribution in [0.25, 0.3) is 11.1 Å². The summed E-state index contributed by atoms with van der Waals surface area (Å²) in [6, 6.07) is 23.3. The molecule has 3 aromatic rings. The van der Waals surface area contributed by atoms with E-state index in [1.165, 1.54) is 17.2 Å². The van der Waals surface area contributed by atoms with Crippen molar-refractivity contribution in [3.05, 3.63) is 89.7 Å². The molecule has 0 bridgehead atoms. The Labute approximate surface area is 135 Å². The molecule has 0 aliphatic carbocycles. The number of halogens is 1. The van der Waals surface area contributed by atoms with E-state index in [2.05, 4.69) is 24.3 Å². The highest BCUT2D eigenvalue weighted by Crippen LogP contribution is 2.43. The fourth-order valence-corrected chi connectivity index (χ4v) is 3.24. The largest absolute Gasteiger partial charge is 0.485 e. The molecule has 1 atom stereocenters. The molecule has 114 valence electrons. The van der Waals surface area contributed by atoms with Gasteiger partial charge in [0.05, 0.1) is 0 Å². The first-order valence-electron chi connectivity index (χ1n) is 7.91. The molecule has 0 saturated heterocycles. The SMILES string of the molecule is Fc1cccc(CCC2Oc3ccccc3-c3ccccc32)c1. The maximum Gasteiger partial charge on any atom is 0.128 e. The Morgan fingerprint density at radius 1 is 0.826 bits per heavy atom. The second-order valence-corrected chi connectivity index (χ2v) is 5.86. The van der Waals surface area contributed by atoms with Gasteiger partial charge in [0.15, 0.2) is 0 Å². The van der Waals surface area contributed by atoms with Gasteiger partial charge < -0.3 is 4.74 Å². The zero-order valence-electron chi connectivity index (χ0n) is 12.7. The Morgan fingerprint density at radius 2 is 1.61 bits per heavy atom. The van der Waals surface area contributed by atoms with Crippen LogP contribution in [0, 0.1) is 5.82 Å². The molecule has 0 saturated carbocycles. The molecule has 0 radical (unpaired) electrons. The van der Waals surface area contributed by atoms with Gasteiger partial charge in [-0.2, -0.15) is 0 Å². The third-order valence-corrected chi connectivity index (χ3v) is 4.34. The van der Waals surface area contributed by atoms with Crippen LogP contribution in [-0.2, 0) is 6.42 Å². The standard InChI is InChI=1S/C21H17FO/c22-16-7-5-6-15(14-16)12-13-21-19-9-2-1-8-17(19)18-10-3-4-11-20(18)23-21/h1-11,14,21H,12-13H2. The van der Waals surface area contributed by atoms with Crippen LogP contribution in [0.5, 0.6) is 5.75 Å². The van der Waals surface area contributed by atoms with Crippen LogP contribution in [-0.4, -0.2) is 0 Å². The van der Waals surface area contributed by atoms with E-state index in [0.29, 0.717) is 0 Å². The second-order valence-electron chi connectivity index (χ2n) is 5.86. The quantitative estimate of drug-likeness (QED) is 0.615. The van der Waals surface area contributed by atoms with Gasteiger partial charge in [-0.25, -0.2) is 4.39 Å². The number of benzene rings is 3. The normalized spacial score (nSPS) is 15.4. The molecule has 3 aromatic carbocycles. The minimum Gasteiger partial charge on any atom is -0.485 e. The fourth-order valence-electron chi connectivity index (χ4n) is 3.24. The summed E-state index contributed by atoms with van der Waals surface area (Å²) in [5, 5.41) is 0. The Bertz CT molecular complexity index is 841. The fraction of sp³-hybridized carbons (Fsp3) is 0.143. The minimum atomic E-state index is -0.183. The van der Waals surface area contributed by atoms with E-state index in [1.54, 1.807) is 12.1 Å². The molecule has 0 aromatic heterocycles. The lowest BCUT2D eigenvalue weighted by atomic mass is 9.90. The molecule has 1 nitrogen and oxygen atoms in total. The Kier molecular flexibility index (Phi) is 3.58. The summed E-state index contributed by atoms with van der Waals surface area (Å²) in [5.41, 5.74) is 4.59. The van der Waals surface area contributed by atoms with Crippen molar-refractivity contribution in [3.63, 3.8) is 0 Å². The van der Waals surface area contributed by atoms with Gasteiger partial charge in [0.25, 0.3) is 0 Å². The average molecular weight is 304 g/mol. The van der Waals surface area contributed by atoms with E-state index < -0.39 is 0 Å². The molecule has 0 amide bonds. The zero-order chi connectivity index (χ0) is 15.6. The second kappa shape index (κ2) is 5.88. The van der Waals surface area contributed by atoms with Crippen molar-refractivity contribution >= 4 is 0 Å². The number of hydrogen-bond acceptors (Lipinski definition) is 1. The number of hydrogen-bond donors (Lipinski definition) is 0. The van der Waals surface area contributed by atoms with E-state index in [1.807, 2.05) is 30.3 Å². The first-order chi connectivity index (χ1) is 11.3. The topological polar surface area (TPSA) is 9.23 Å². The molecule has 4 rings (SSSR count). The van der Waals surface area contributed by atoms with Crippen molar-refractivity contribution in [3.8, 4) is 16.9 Å². The summed E-state index contributed by atoms with van der Waals surface area (Å²) in [7, 11) is 0. The molecule has 2 heteroatoms. The van der Waals surface area contributed by atoms with Gasteiger partial charge in [-0.05, 0) is 42.2 Å². The van der Waals surface area contributed by atoms with Crippen molar-refractivity contribution in [2.45, 2.75) is 18.9 Å². The molecule has 1 aliphatic rings. The van der Waals surface area contributed by atoms with Crippen LogP contribution in [0.1, 0.15) is 23.7 Å². The number of ether oxygens (including phenoxy) is 1.